The standard InChI is InChI=1S/C15H15FN2O2/c16-11-6-7-12(13(14(11)17)15(19)20)18-9-8-10-4-2-1-3-5-10/h1-7,18H,8-9,17H2,(H,19,20). The van der Waals surface area contributed by atoms with Crippen molar-refractivity contribution in [3.8, 4) is 0 Å². The van der Waals surface area contributed by atoms with E-state index in [0.717, 1.165) is 18.1 Å². The van der Waals surface area contributed by atoms with Crippen LogP contribution in [0.3, 0.4) is 0 Å². The zero-order valence-corrected chi connectivity index (χ0v) is 10.8. The number of rotatable bonds is 5. The molecule has 2 rings (SSSR count). The first kappa shape index (κ1) is 13.9. The van der Waals surface area contributed by atoms with Gasteiger partial charge in [0.1, 0.15) is 11.4 Å². The van der Waals surface area contributed by atoms with Crippen molar-refractivity contribution in [3.63, 3.8) is 0 Å². The minimum Gasteiger partial charge on any atom is -0.478 e. The molecule has 0 heterocycles. The molecule has 104 valence electrons. The van der Waals surface area contributed by atoms with Crippen LogP contribution in [0.2, 0.25) is 0 Å². The number of carboxylic acids is 1. The van der Waals surface area contributed by atoms with Crippen LogP contribution >= 0.6 is 0 Å². The van der Waals surface area contributed by atoms with Crippen LogP contribution in [-0.4, -0.2) is 17.6 Å². The van der Waals surface area contributed by atoms with E-state index in [2.05, 4.69) is 5.32 Å². The molecule has 0 saturated carbocycles. The number of aromatic carboxylic acids is 1. The van der Waals surface area contributed by atoms with E-state index in [1.165, 1.54) is 6.07 Å². The number of anilines is 2. The van der Waals surface area contributed by atoms with Gasteiger partial charge in [-0.2, -0.15) is 0 Å². The molecule has 0 unspecified atom stereocenters. The number of halogens is 1. The van der Waals surface area contributed by atoms with Crippen LogP contribution in [0.4, 0.5) is 15.8 Å². The third-order valence-corrected chi connectivity index (χ3v) is 2.98. The number of nitrogens with two attached hydrogens (primary N) is 1. The Hall–Kier alpha value is -2.56. The van der Waals surface area contributed by atoms with Gasteiger partial charge in [-0.25, -0.2) is 9.18 Å². The van der Waals surface area contributed by atoms with Gasteiger partial charge in [-0.3, -0.25) is 0 Å². The van der Waals surface area contributed by atoms with Crippen molar-refractivity contribution in [3.05, 3.63) is 59.4 Å². The molecule has 0 atom stereocenters. The maximum atomic E-state index is 13.3. The number of hydrogen-bond donors (Lipinski definition) is 3. The largest absolute Gasteiger partial charge is 0.478 e. The minimum absolute atomic E-state index is 0.224. The molecule has 0 aliphatic rings. The molecule has 4 N–H and O–H groups in total. The highest BCUT2D eigenvalue weighted by molar-refractivity contribution is 6.00. The SMILES string of the molecule is Nc1c(F)ccc(NCCc2ccccc2)c1C(=O)O. The number of carboxylic acid groups (broad SMARTS) is 1. The van der Waals surface area contributed by atoms with Gasteiger partial charge in [-0.05, 0) is 24.1 Å². The molecule has 0 aromatic heterocycles. The zero-order chi connectivity index (χ0) is 14.5. The van der Waals surface area contributed by atoms with E-state index in [1.807, 2.05) is 30.3 Å². The monoisotopic (exact) mass is 274 g/mol. The molecule has 5 heteroatoms. The van der Waals surface area contributed by atoms with Crippen molar-refractivity contribution in [2.45, 2.75) is 6.42 Å². The van der Waals surface area contributed by atoms with Crippen molar-refractivity contribution in [1.82, 2.24) is 0 Å². The Bertz CT molecular complexity index is 615. The Kier molecular flexibility index (Phi) is 4.20. The average molecular weight is 274 g/mol. The fraction of sp³-hybridized carbons (Fsp3) is 0.133. The Morgan fingerprint density at radius 2 is 1.90 bits per heavy atom. The highest BCUT2D eigenvalue weighted by Gasteiger charge is 2.17. The minimum atomic E-state index is -1.25. The Balaban J connectivity index is 2.10. The summed E-state index contributed by atoms with van der Waals surface area (Å²) in [6, 6.07) is 12.3. The van der Waals surface area contributed by atoms with Gasteiger partial charge in [0.2, 0.25) is 0 Å². The highest BCUT2D eigenvalue weighted by atomic mass is 19.1. The maximum absolute atomic E-state index is 13.3. The van der Waals surface area contributed by atoms with Gasteiger partial charge in [-0.1, -0.05) is 30.3 Å². The average Bonchev–Trinajstić information content (AvgIpc) is 2.43. The molecule has 0 radical (unpaired) electrons. The van der Waals surface area contributed by atoms with E-state index in [0.29, 0.717) is 12.2 Å². The third kappa shape index (κ3) is 3.06. The van der Waals surface area contributed by atoms with Gasteiger partial charge in [0.25, 0.3) is 0 Å². The second-order valence-electron chi connectivity index (χ2n) is 4.35. The predicted octanol–water partition coefficient (Wildman–Crippen LogP) is 2.76. The lowest BCUT2D eigenvalue weighted by molar-refractivity contribution is 0.0698. The molecule has 4 nitrogen and oxygen atoms in total. The van der Waals surface area contributed by atoms with Gasteiger partial charge in [-0.15, -0.1) is 0 Å². The third-order valence-electron chi connectivity index (χ3n) is 2.98. The first-order valence-electron chi connectivity index (χ1n) is 6.18. The van der Waals surface area contributed by atoms with Crippen LogP contribution in [0.5, 0.6) is 0 Å². The number of hydrogen-bond acceptors (Lipinski definition) is 3. The second-order valence-corrected chi connectivity index (χ2v) is 4.35. The van der Waals surface area contributed by atoms with E-state index in [4.69, 9.17) is 10.8 Å². The number of nitrogens with one attached hydrogen (secondary N) is 1. The van der Waals surface area contributed by atoms with Crippen LogP contribution in [0.15, 0.2) is 42.5 Å². The second kappa shape index (κ2) is 6.06. The van der Waals surface area contributed by atoms with Gasteiger partial charge in [0.05, 0.1) is 11.4 Å². The number of nitrogen functional groups attached to an aromatic ring is 1. The van der Waals surface area contributed by atoms with Crippen LogP contribution in [0, 0.1) is 5.82 Å². The van der Waals surface area contributed by atoms with Gasteiger partial charge in [0, 0.05) is 6.54 Å². The fourth-order valence-corrected chi connectivity index (χ4v) is 1.96. The summed E-state index contributed by atoms with van der Waals surface area (Å²) in [6.45, 7) is 0.537. The lowest BCUT2D eigenvalue weighted by atomic mass is 10.1. The molecular formula is C15H15FN2O2. The van der Waals surface area contributed by atoms with E-state index in [1.54, 1.807) is 0 Å². The Labute approximate surface area is 116 Å². The molecule has 0 aliphatic heterocycles. The summed E-state index contributed by atoms with van der Waals surface area (Å²) in [7, 11) is 0. The normalized spacial score (nSPS) is 10.2. The first-order chi connectivity index (χ1) is 9.59. The molecule has 0 saturated heterocycles. The number of carbonyl (C=O) groups is 1. The summed E-state index contributed by atoms with van der Waals surface area (Å²) in [5.74, 6) is -1.97. The molecule has 2 aromatic rings. The summed E-state index contributed by atoms with van der Waals surface area (Å²) in [6.07, 6.45) is 0.733. The summed E-state index contributed by atoms with van der Waals surface area (Å²) in [4.78, 5) is 11.1. The van der Waals surface area contributed by atoms with E-state index < -0.39 is 11.8 Å². The number of benzene rings is 2. The molecule has 0 amide bonds. The summed E-state index contributed by atoms with van der Waals surface area (Å²) in [5, 5.41) is 12.1. The molecule has 0 aliphatic carbocycles. The van der Waals surface area contributed by atoms with Crippen molar-refractivity contribution in [2.75, 3.05) is 17.6 Å². The van der Waals surface area contributed by atoms with E-state index in [9.17, 15) is 9.18 Å². The van der Waals surface area contributed by atoms with Crippen molar-refractivity contribution in [2.24, 2.45) is 0 Å². The Morgan fingerprint density at radius 3 is 2.55 bits per heavy atom. The summed E-state index contributed by atoms with van der Waals surface area (Å²) in [5.41, 5.74) is 6.36. The summed E-state index contributed by atoms with van der Waals surface area (Å²) < 4.78 is 13.3. The first-order valence-corrected chi connectivity index (χ1v) is 6.18. The van der Waals surface area contributed by atoms with Crippen molar-refractivity contribution in [1.29, 1.82) is 0 Å². The van der Waals surface area contributed by atoms with Crippen molar-refractivity contribution < 1.29 is 14.3 Å². The lowest BCUT2D eigenvalue weighted by Crippen LogP contribution is -2.12. The lowest BCUT2D eigenvalue weighted by Gasteiger charge is -2.12. The van der Waals surface area contributed by atoms with Crippen LogP contribution < -0.4 is 11.1 Å². The van der Waals surface area contributed by atoms with Crippen LogP contribution in [0.1, 0.15) is 15.9 Å². The zero-order valence-electron chi connectivity index (χ0n) is 10.8. The molecule has 2 aromatic carbocycles. The Morgan fingerprint density at radius 1 is 1.20 bits per heavy atom. The molecule has 0 bridgehead atoms. The van der Waals surface area contributed by atoms with E-state index >= 15 is 0 Å². The molecule has 20 heavy (non-hydrogen) atoms. The molecular weight excluding hydrogens is 259 g/mol. The topological polar surface area (TPSA) is 75.3 Å². The van der Waals surface area contributed by atoms with Gasteiger partial charge >= 0.3 is 5.97 Å². The quantitative estimate of drug-likeness (QED) is 0.733. The van der Waals surface area contributed by atoms with Gasteiger partial charge < -0.3 is 16.2 Å². The highest BCUT2D eigenvalue weighted by Crippen LogP contribution is 2.25. The van der Waals surface area contributed by atoms with Gasteiger partial charge in [0.15, 0.2) is 0 Å². The van der Waals surface area contributed by atoms with Crippen molar-refractivity contribution >= 4 is 17.3 Å². The maximum Gasteiger partial charge on any atom is 0.340 e. The van der Waals surface area contributed by atoms with E-state index in [-0.39, 0.29) is 11.3 Å². The molecule has 0 fully saturated rings. The van der Waals surface area contributed by atoms with Crippen LogP contribution in [0.25, 0.3) is 0 Å². The smallest absolute Gasteiger partial charge is 0.340 e. The fourth-order valence-electron chi connectivity index (χ4n) is 1.96. The summed E-state index contributed by atoms with van der Waals surface area (Å²) >= 11 is 0. The molecule has 0 spiro atoms. The van der Waals surface area contributed by atoms with Crippen LogP contribution in [-0.2, 0) is 6.42 Å². The predicted molar refractivity (Wildman–Crippen MR) is 76.4 cm³/mol.